The van der Waals surface area contributed by atoms with Gasteiger partial charge in [-0.25, -0.2) is 10.2 Å². The van der Waals surface area contributed by atoms with Crippen molar-refractivity contribution in [2.75, 3.05) is 13.7 Å². The molecule has 8 heteroatoms. The van der Waals surface area contributed by atoms with Gasteiger partial charge in [0.1, 0.15) is 12.6 Å². The second-order valence-corrected chi connectivity index (χ2v) is 8.92. The van der Waals surface area contributed by atoms with Crippen molar-refractivity contribution in [1.29, 1.82) is 0 Å². The summed E-state index contributed by atoms with van der Waals surface area (Å²) in [5.41, 5.74) is 8.84. The molecule has 0 radical (unpaired) electrons. The first-order chi connectivity index (χ1) is 18.3. The maximum absolute atomic E-state index is 12.8. The zero-order valence-corrected chi connectivity index (χ0v) is 22.5. The van der Waals surface area contributed by atoms with Crippen molar-refractivity contribution in [1.82, 2.24) is 10.7 Å². The van der Waals surface area contributed by atoms with E-state index in [4.69, 9.17) is 14.2 Å². The van der Waals surface area contributed by atoms with Crippen LogP contribution in [0.3, 0.4) is 0 Å². The Hall–Kier alpha value is -4.33. The highest BCUT2D eigenvalue weighted by atomic mass is 16.5. The summed E-state index contributed by atoms with van der Waals surface area (Å²) >= 11 is 0. The van der Waals surface area contributed by atoms with E-state index in [1.54, 1.807) is 26.2 Å². The first-order valence-corrected chi connectivity index (χ1v) is 12.5. The minimum atomic E-state index is -0.854. The molecule has 0 aliphatic rings. The van der Waals surface area contributed by atoms with Crippen molar-refractivity contribution in [3.05, 3.63) is 94.0 Å². The van der Waals surface area contributed by atoms with Crippen LogP contribution >= 0.6 is 0 Å². The maximum Gasteiger partial charge on any atom is 0.407 e. The minimum absolute atomic E-state index is 0.204. The number of rotatable bonds is 11. The number of amides is 2. The Kier molecular flexibility index (Phi) is 10.3. The van der Waals surface area contributed by atoms with Gasteiger partial charge in [-0.15, -0.1) is 0 Å². The molecule has 0 bridgehead atoms. The molecular weight excluding hydrogens is 482 g/mol. The molecule has 3 rings (SSSR count). The largest absolute Gasteiger partial charge is 0.493 e. The summed E-state index contributed by atoms with van der Waals surface area (Å²) in [6, 6.07) is 18.2. The zero-order valence-electron chi connectivity index (χ0n) is 22.5. The van der Waals surface area contributed by atoms with Gasteiger partial charge in [-0.1, -0.05) is 48.0 Å². The molecule has 0 saturated carbocycles. The number of hydrogen-bond acceptors (Lipinski definition) is 6. The van der Waals surface area contributed by atoms with E-state index in [0.717, 1.165) is 11.1 Å². The Labute approximate surface area is 224 Å². The number of aryl methyl sites for hydroxylation is 3. The molecule has 200 valence electrons. The van der Waals surface area contributed by atoms with E-state index in [-0.39, 0.29) is 6.61 Å². The Morgan fingerprint density at radius 2 is 1.68 bits per heavy atom. The summed E-state index contributed by atoms with van der Waals surface area (Å²) in [6.07, 6.45) is 1.13. The van der Waals surface area contributed by atoms with Crippen LogP contribution in [0.25, 0.3) is 0 Å². The SMILES string of the molecule is CCOC(=O)N[C@@H](Cc1ccccc1)C(=O)N/N=C\c1ccc(OCc2c(C)cc(C)cc2C)c(OC)c1. The normalized spacial score (nSPS) is 11.6. The number of nitrogens with one attached hydrogen (secondary N) is 2. The van der Waals surface area contributed by atoms with Crippen molar-refractivity contribution in [2.24, 2.45) is 5.10 Å². The zero-order chi connectivity index (χ0) is 27.5. The van der Waals surface area contributed by atoms with Crippen LogP contribution in [0.2, 0.25) is 0 Å². The summed E-state index contributed by atoms with van der Waals surface area (Å²) in [6.45, 7) is 8.57. The first kappa shape index (κ1) is 28.2. The van der Waals surface area contributed by atoms with Crippen LogP contribution in [0.15, 0.2) is 65.8 Å². The van der Waals surface area contributed by atoms with Gasteiger partial charge in [-0.3, -0.25) is 4.79 Å². The molecule has 1 atom stereocenters. The first-order valence-electron chi connectivity index (χ1n) is 12.5. The van der Waals surface area contributed by atoms with Gasteiger partial charge >= 0.3 is 6.09 Å². The van der Waals surface area contributed by atoms with Gasteiger partial charge in [-0.05, 0) is 73.7 Å². The second kappa shape index (κ2) is 13.8. The molecule has 3 aromatic rings. The summed E-state index contributed by atoms with van der Waals surface area (Å²) < 4.78 is 16.5. The number of benzene rings is 3. The van der Waals surface area contributed by atoms with Crippen molar-refractivity contribution >= 4 is 18.2 Å². The topological polar surface area (TPSA) is 98.2 Å². The minimum Gasteiger partial charge on any atom is -0.493 e. The quantitative estimate of drug-likeness (QED) is 0.275. The smallest absolute Gasteiger partial charge is 0.407 e. The van der Waals surface area contributed by atoms with Crippen molar-refractivity contribution in [3.8, 4) is 11.5 Å². The average Bonchev–Trinajstić information content (AvgIpc) is 2.88. The lowest BCUT2D eigenvalue weighted by Gasteiger charge is -2.17. The second-order valence-electron chi connectivity index (χ2n) is 8.92. The van der Waals surface area contributed by atoms with Gasteiger partial charge in [0.15, 0.2) is 11.5 Å². The van der Waals surface area contributed by atoms with Crippen LogP contribution in [-0.4, -0.2) is 38.0 Å². The molecule has 2 amide bonds. The molecule has 2 N–H and O–H groups in total. The van der Waals surface area contributed by atoms with E-state index in [0.29, 0.717) is 30.1 Å². The highest BCUT2D eigenvalue weighted by molar-refractivity contribution is 5.87. The molecule has 0 fully saturated rings. The Morgan fingerprint density at radius 1 is 0.974 bits per heavy atom. The highest BCUT2D eigenvalue weighted by Crippen LogP contribution is 2.29. The molecule has 0 unspecified atom stereocenters. The Morgan fingerprint density at radius 3 is 2.34 bits per heavy atom. The average molecular weight is 518 g/mol. The lowest BCUT2D eigenvalue weighted by Crippen LogP contribution is -2.47. The summed E-state index contributed by atoms with van der Waals surface area (Å²) in [7, 11) is 1.57. The molecule has 0 saturated heterocycles. The molecule has 3 aromatic carbocycles. The fraction of sp³-hybridized carbons (Fsp3) is 0.300. The number of carbonyl (C=O) groups excluding carboxylic acids is 2. The number of alkyl carbamates (subject to hydrolysis) is 1. The van der Waals surface area contributed by atoms with Crippen LogP contribution in [-0.2, 0) is 22.6 Å². The fourth-order valence-electron chi connectivity index (χ4n) is 4.09. The molecule has 0 aliphatic heterocycles. The molecule has 38 heavy (non-hydrogen) atoms. The molecule has 0 aliphatic carbocycles. The van der Waals surface area contributed by atoms with Gasteiger partial charge in [-0.2, -0.15) is 5.10 Å². The van der Waals surface area contributed by atoms with Crippen molar-refractivity contribution in [3.63, 3.8) is 0 Å². The van der Waals surface area contributed by atoms with Gasteiger partial charge < -0.3 is 19.5 Å². The van der Waals surface area contributed by atoms with E-state index < -0.39 is 18.0 Å². The molecular formula is C30H35N3O5. The number of carbonyl (C=O) groups is 2. The Balaban J connectivity index is 1.66. The number of ether oxygens (including phenoxy) is 3. The van der Waals surface area contributed by atoms with Crippen LogP contribution < -0.4 is 20.2 Å². The lowest BCUT2D eigenvalue weighted by molar-refractivity contribution is -0.123. The molecule has 0 heterocycles. The van der Waals surface area contributed by atoms with Crippen LogP contribution in [0.5, 0.6) is 11.5 Å². The van der Waals surface area contributed by atoms with Gasteiger partial charge in [0.25, 0.3) is 5.91 Å². The van der Waals surface area contributed by atoms with E-state index in [2.05, 4.69) is 48.7 Å². The van der Waals surface area contributed by atoms with Crippen molar-refractivity contribution in [2.45, 2.75) is 46.8 Å². The predicted octanol–water partition coefficient (Wildman–Crippen LogP) is 5.01. The van der Waals surface area contributed by atoms with Gasteiger partial charge in [0, 0.05) is 6.42 Å². The van der Waals surface area contributed by atoms with E-state index in [1.165, 1.54) is 22.9 Å². The fourth-order valence-corrected chi connectivity index (χ4v) is 4.09. The summed E-state index contributed by atoms with van der Waals surface area (Å²) in [5, 5.41) is 6.67. The number of hydrazone groups is 1. The summed E-state index contributed by atoms with van der Waals surface area (Å²) in [5.74, 6) is 0.692. The van der Waals surface area contributed by atoms with Crippen molar-refractivity contribution < 1.29 is 23.8 Å². The van der Waals surface area contributed by atoms with Crippen LogP contribution in [0.1, 0.15) is 40.3 Å². The monoisotopic (exact) mass is 517 g/mol. The standard InChI is InChI=1S/C30H35N3O5/c1-6-37-30(35)32-26(16-23-10-8-7-9-11-23)29(34)33-31-18-24-12-13-27(28(17-24)36-5)38-19-25-21(3)14-20(2)15-22(25)4/h7-15,17-18,26H,6,16,19H2,1-5H3,(H,32,35)(H,33,34)/b31-18-/t26-/m0/s1. The predicted molar refractivity (Wildman–Crippen MR) is 148 cm³/mol. The molecule has 0 spiro atoms. The third-order valence-electron chi connectivity index (χ3n) is 5.96. The Bertz CT molecular complexity index is 1250. The third kappa shape index (κ3) is 8.09. The maximum atomic E-state index is 12.8. The molecule has 8 nitrogen and oxygen atoms in total. The number of methoxy groups -OCH3 is 1. The number of nitrogens with zero attached hydrogens (tertiary/aromatic N) is 1. The van der Waals surface area contributed by atoms with E-state index in [1.807, 2.05) is 36.4 Å². The highest BCUT2D eigenvalue weighted by Gasteiger charge is 2.21. The van der Waals surface area contributed by atoms with Gasteiger partial charge in [0.05, 0.1) is 19.9 Å². The lowest BCUT2D eigenvalue weighted by atomic mass is 10.0. The summed E-state index contributed by atoms with van der Waals surface area (Å²) in [4.78, 5) is 24.8. The van der Waals surface area contributed by atoms with E-state index >= 15 is 0 Å². The number of hydrogen-bond donors (Lipinski definition) is 2. The van der Waals surface area contributed by atoms with Crippen LogP contribution in [0.4, 0.5) is 4.79 Å². The van der Waals surface area contributed by atoms with E-state index in [9.17, 15) is 9.59 Å². The third-order valence-corrected chi connectivity index (χ3v) is 5.96. The molecule has 0 aromatic heterocycles. The van der Waals surface area contributed by atoms with Gasteiger partial charge in [0.2, 0.25) is 0 Å². The van der Waals surface area contributed by atoms with Crippen LogP contribution in [0, 0.1) is 20.8 Å².